The first-order valence-corrected chi connectivity index (χ1v) is 6.61. The molecule has 0 spiro atoms. The third kappa shape index (κ3) is 2.02. The van der Waals surface area contributed by atoms with Gasteiger partial charge < -0.3 is 11.1 Å². The van der Waals surface area contributed by atoms with Gasteiger partial charge in [0.2, 0.25) is 5.91 Å². The number of carbonyl (C=O) groups is 1. The lowest BCUT2D eigenvalue weighted by Gasteiger charge is -2.42. The second-order valence-electron chi connectivity index (χ2n) is 5.26. The number of nitrogens with two attached hydrogens (primary N) is 1. The molecule has 3 N–H and O–H groups in total. The van der Waals surface area contributed by atoms with Crippen molar-refractivity contribution in [2.45, 2.75) is 18.9 Å². The van der Waals surface area contributed by atoms with Gasteiger partial charge in [0.15, 0.2) is 0 Å². The number of fused-ring (bicyclic) bond motifs is 1. The molecule has 1 amide bonds. The van der Waals surface area contributed by atoms with E-state index in [1.807, 2.05) is 18.2 Å². The van der Waals surface area contributed by atoms with Gasteiger partial charge in [0.05, 0.1) is 6.04 Å². The highest BCUT2D eigenvalue weighted by atomic mass is 16.2. The first kappa shape index (κ1) is 11.7. The third-order valence-corrected chi connectivity index (χ3v) is 4.02. The van der Waals surface area contributed by atoms with Crippen molar-refractivity contribution in [1.82, 2.24) is 4.90 Å². The number of amides is 1. The number of carbonyl (C=O) groups excluding carboxylic acids is 1. The van der Waals surface area contributed by atoms with Crippen LogP contribution in [0.4, 0.5) is 5.69 Å². The van der Waals surface area contributed by atoms with E-state index in [0.717, 1.165) is 38.2 Å². The Hall–Kier alpha value is -1.39. The average molecular weight is 245 g/mol. The smallest absolute Gasteiger partial charge is 0.241 e. The maximum Gasteiger partial charge on any atom is 0.241 e. The zero-order chi connectivity index (χ0) is 12.5. The van der Waals surface area contributed by atoms with E-state index >= 15 is 0 Å². The van der Waals surface area contributed by atoms with E-state index in [-0.39, 0.29) is 11.9 Å². The lowest BCUT2D eigenvalue weighted by Crippen LogP contribution is -2.57. The Morgan fingerprint density at radius 3 is 2.89 bits per heavy atom. The number of hydrogen-bond donors (Lipinski definition) is 2. The van der Waals surface area contributed by atoms with Gasteiger partial charge in [-0.15, -0.1) is 0 Å². The molecular formula is C14H19N3O. The number of para-hydroxylation sites is 1. The third-order valence-electron chi connectivity index (χ3n) is 4.02. The van der Waals surface area contributed by atoms with E-state index in [2.05, 4.69) is 16.3 Å². The van der Waals surface area contributed by atoms with Crippen molar-refractivity contribution < 1.29 is 4.79 Å². The molecule has 96 valence electrons. The molecule has 0 radical (unpaired) electrons. The van der Waals surface area contributed by atoms with Gasteiger partial charge in [-0.3, -0.25) is 9.69 Å². The summed E-state index contributed by atoms with van der Waals surface area (Å²) in [6.45, 7) is 2.65. The molecule has 1 atom stereocenters. The highest BCUT2D eigenvalue weighted by Gasteiger charge is 2.36. The normalized spacial score (nSPS) is 24.9. The maximum atomic E-state index is 12.2. The molecule has 1 saturated heterocycles. The van der Waals surface area contributed by atoms with Gasteiger partial charge in [0.25, 0.3) is 0 Å². The first-order valence-electron chi connectivity index (χ1n) is 6.61. The van der Waals surface area contributed by atoms with Crippen molar-refractivity contribution in [2.24, 2.45) is 11.7 Å². The molecule has 2 aliphatic heterocycles. The number of hydrogen-bond acceptors (Lipinski definition) is 3. The molecule has 2 heterocycles. The van der Waals surface area contributed by atoms with E-state index in [1.54, 1.807) is 0 Å². The van der Waals surface area contributed by atoms with Gasteiger partial charge >= 0.3 is 0 Å². The Kier molecular flexibility index (Phi) is 3.06. The fourth-order valence-corrected chi connectivity index (χ4v) is 2.86. The van der Waals surface area contributed by atoms with Crippen molar-refractivity contribution >= 4 is 11.6 Å². The predicted molar refractivity (Wildman–Crippen MR) is 71.3 cm³/mol. The minimum absolute atomic E-state index is 0.0141. The largest absolute Gasteiger partial charge is 0.330 e. The lowest BCUT2D eigenvalue weighted by atomic mass is 9.95. The number of nitrogens with one attached hydrogen (secondary N) is 1. The van der Waals surface area contributed by atoms with Crippen molar-refractivity contribution in [3.8, 4) is 0 Å². The predicted octanol–water partition coefficient (Wildman–Crippen LogP) is 0.830. The molecule has 1 aromatic carbocycles. The van der Waals surface area contributed by atoms with Crippen LogP contribution in [0.5, 0.6) is 0 Å². The Morgan fingerprint density at radius 2 is 2.11 bits per heavy atom. The molecule has 0 saturated carbocycles. The molecule has 4 nitrogen and oxygen atoms in total. The minimum atomic E-state index is 0.0141. The second kappa shape index (κ2) is 4.71. The van der Waals surface area contributed by atoms with E-state index in [4.69, 9.17) is 5.73 Å². The van der Waals surface area contributed by atoms with E-state index in [9.17, 15) is 4.79 Å². The van der Waals surface area contributed by atoms with Gasteiger partial charge in [0.1, 0.15) is 0 Å². The van der Waals surface area contributed by atoms with E-state index < -0.39 is 0 Å². The molecule has 4 heteroatoms. The summed E-state index contributed by atoms with van der Waals surface area (Å²) in [6, 6.07) is 8.08. The quantitative estimate of drug-likeness (QED) is 0.811. The molecule has 0 aromatic heterocycles. The molecular weight excluding hydrogens is 226 g/mol. The van der Waals surface area contributed by atoms with Crippen LogP contribution in [0.3, 0.4) is 0 Å². The number of anilines is 1. The zero-order valence-electron chi connectivity index (χ0n) is 10.4. The Labute approximate surface area is 107 Å². The highest BCUT2D eigenvalue weighted by Crippen LogP contribution is 2.27. The van der Waals surface area contributed by atoms with Crippen LogP contribution in [-0.2, 0) is 11.2 Å². The fourth-order valence-electron chi connectivity index (χ4n) is 2.86. The molecule has 1 fully saturated rings. The van der Waals surface area contributed by atoms with E-state index in [1.165, 1.54) is 5.56 Å². The molecule has 1 unspecified atom stereocenters. The summed E-state index contributed by atoms with van der Waals surface area (Å²) in [5.41, 5.74) is 7.85. The van der Waals surface area contributed by atoms with Crippen LogP contribution >= 0.6 is 0 Å². The van der Waals surface area contributed by atoms with Crippen LogP contribution in [0.15, 0.2) is 24.3 Å². The standard InChI is InChI=1S/C14H19N3O/c15-7-10-8-17(9-10)13-6-5-11-3-1-2-4-12(11)16-14(13)18/h1-4,10,13H,5-9,15H2,(H,16,18). The van der Waals surface area contributed by atoms with Gasteiger partial charge in [0, 0.05) is 18.8 Å². The highest BCUT2D eigenvalue weighted by molar-refractivity contribution is 5.96. The monoisotopic (exact) mass is 245 g/mol. The van der Waals surface area contributed by atoms with Crippen LogP contribution < -0.4 is 11.1 Å². The molecule has 0 aliphatic carbocycles. The Balaban J connectivity index is 1.72. The summed E-state index contributed by atoms with van der Waals surface area (Å²) in [5, 5.41) is 3.04. The molecule has 18 heavy (non-hydrogen) atoms. The zero-order valence-corrected chi connectivity index (χ0v) is 10.4. The topological polar surface area (TPSA) is 58.4 Å². The number of rotatable bonds is 2. The van der Waals surface area contributed by atoms with Gasteiger partial charge in [-0.1, -0.05) is 18.2 Å². The number of aryl methyl sites for hydroxylation is 1. The molecule has 1 aromatic rings. The summed E-state index contributed by atoms with van der Waals surface area (Å²) in [7, 11) is 0. The molecule has 2 aliphatic rings. The Morgan fingerprint density at radius 1 is 1.33 bits per heavy atom. The summed E-state index contributed by atoms with van der Waals surface area (Å²) in [5.74, 6) is 0.707. The molecule has 0 bridgehead atoms. The van der Waals surface area contributed by atoms with Gasteiger partial charge in [-0.2, -0.15) is 0 Å². The van der Waals surface area contributed by atoms with Crippen molar-refractivity contribution in [1.29, 1.82) is 0 Å². The summed E-state index contributed by atoms with van der Waals surface area (Å²) in [4.78, 5) is 14.5. The summed E-state index contributed by atoms with van der Waals surface area (Å²) in [6.07, 6.45) is 1.86. The summed E-state index contributed by atoms with van der Waals surface area (Å²) >= 11 is 0. The average Bonchev–Trinajstić information content (AvgIpc) is 2.48. The van der Waals surface area contributed by atoms with Crippen LogP contribution in [0.2, 0.25) is 0 Å². The molecule has 3 rings (SSSR count). The van der Waals surface area contributed by atoms with Crippen LogP contribution in [0, 0.1) is 5.92 Å². The van der Waals surface area contributed by atoms with Crippen molar-refractivity contribution in [3.63, 3.8) is 0 Å². The van der Waals surface area contributed by atoms with Gasteiger partial charge in [-0.25, -0.2) is 0 Å². The van der Waals surface area contributed by atoms with Crippen molar-refractivity contribution in [3.05, 3.63) is 29.8 Å². The number of likely N-dealkylation sites (tertiary alicyclic amines) is 1. The van der Waals surface area contributed by atoms with Gasteiger partial charge in [-0.05, 0) is 36.9 Å². The fraction of sp³-hybridized carbons (Fsp3) is 0.500. The number of benzene rings is 1. The van der Waals surface area contributed by atoms with Crippen LogP contribution in [0.1, 0.15) is 12.0 Å². The summed E-state index contributed by atoms with van der Waals surface area (Å²) < 4.78 is 0. The van der Waals surface area contributed by atoms with Crippen LogP contribution in [0.25, 0.3) is 0 Å². The SMILES string of the molecule is NCC1CN(C2CCc3ccccc3NC2=O)C1. The lowest BCUT2D eigenvalue weighted by molar-refractivity contribution is -0.124. The van der Waals surface area contributed by atoms with Crippen LogP contribution in [-0.4, -0.2) is 36.5 Å². The maximum absolute atomic E-state index is 12.2. The van der Waals surface area contributed by atoms with Crippen molar-refractivity contribution in [2.75, 3.05) is 25.0 Å². The first-order chi connectivity index (χ1) is 8.78. The van der Waals surface area contributed by atoms with E-state index in [0.29, 0.717) is 5.92 Å². The second-order valence-corrected chi connectivity index (χ2v) is 5.26. The minimum Gasteiger partial charge on any atom is -0.330 e. The Bertz CT molecular complexity index is 454. The number of nitrogens with zero attached hydrogens (tertiary/aromatic N) is 1.